The Kier molecular flexibility index (Phi) is 6.06. The number of halogens is 2. The van der Waals surface area contributed by atoms with Gasteiger partial charge in [-0.1, -0.05) is 0 Å². The van der Waals surface area contributed by atoms with Crippen molar-refractivity contribution in [3.8, 4) is 0 Å². The average Bonchev–Trinajstić information content (AvgIpc) is 2.80. The van der Waals surface area contributed by atoms with E-state index in [4.69, 9.17) is 0 Å². The Morgan fingerprint density at radius 1 is 0.552 bits per heavy atom. The van der Waals surface area contributed by atoms with Crippen LogP contribution in [-0.4, -0.2) is 6.16 Å². The van der Waals surface area contributed by atoms with Crippen LogP contribution in [0, 0.1) is 0 Å². The van der Waals surface area contributed by atoms with Crippen molar-refractivity contribution < 1.29 is 0 Å². The van der Waals surface area contributed by atoms with Gasteiger partial charge in [0.25, 0.3) is 0 Å². The van der Waals surface area contributed by atoms with Gasteiger partial charge >= 0.3 is 191 Å². The summed E-state index contributed by atoms with van der Waals surface area (Å²) in [5.41, 5.74) is 1.36. The summed E-state index contributed by atoms with van der Waals surface area (Å²) in [6, 6.07) is 41.4. The number of hydrogen-bond acceptors (Lipinski definition) is 0. The molecule has 0 saturated heterocycles. The molecule has 29 heavy (non-hydrogen) atoms. The topological polar surface area (TPSA) is 0 Å². The molecule has 4 rings (SSSR count). The Morgan fingerprint density at radius 2 is 1.00 bits per heavy atom. The predicted molar refractivity (Wildman–Crippen MR) is 137 cm³/mol. The minimum atomic E-state index is -2.90. The first-order valence-electron chi connectivity index (χ1n) is 9.76. The van der Waals surface area contributed by atoms with E-state index in [-0.39, 0.29) is 0 Å². The number of aryl methyl sites for hydroxylation is 1. The molecule has 0 unspecified atom stereocenters. The van der Waals surface area contributed by atoms with Gasteiger partial charge in [-0.05, 0) is 0 Å². The van der Waals surface area contributed by atoms with E-state index in [2.05, 4.69) is 147 Å². The summed E-state index contributed by atoms with van der Waals surface area (Å²) < 4.78 is 1.15. The Balaban J connectivity index is 2.02. The van der Waals surface area contributed by atoms with Crippen molar-refractivity contribution in [3.05, 3.63) is 125 Å². The van der Waals surface area contributed by atoms with Gasteiger partial charge in [-0.25, -0.2) is 0 Å². The van der Waals surface area contributed by atoms with Gasteiger partial charge in [0.05, 0.1) is 0 Å². The van der Waals surface area contributed by atoms with Crippen molar-refractivity contribution >= 4 is 52.6 Å². The fraction of sp³-hybridized carbons (Fsp3) is 0.0769. The SMILES string of the molecule is Brc1ccccc1P(Br)(CCc1ccccc1)(c1ccccc1)c1ccccc1. The average molecular weight is 526 g/mol. The summed E-state index contributed by atoms with van der Waals surface area (Å²) >= 11 is 8.42. The molecule has 0 radical (unpaired) electrons. The van der Waals surface area contributed by atoms with Crippen molar-refractivity contribution in [1.82, 2.24) is 0 Å². The minimum absolute atomic E-state index is 0.995. The third kappa shape index (κ3) is 3.75. The summed E-state index contributed by atoms with van der Waals surface area (Å²) in [7, 11) is 0. The van der Waals surface area contributed by atoms with Gasteiger partial charge < -0.3 is 0 Å². The van der Waals surface area contributed by atoms with Crippen molar-refractivity contribution in [2.75, 3.05) is 6.16 Å². The van der Waals surface area contributed by atoms with Crippen LogP contribution in [0.25, 0.3) is 0 Å². The molecule has 3 heteroatoms. The van der Waals surface area contributed by atoms with E-state index in [0.717, 1.165) is 17.1 Å². The second-order valence-electron chi connectivity index (χ2n) is 7.26. The van der Waals surface area contributed by atoms with Crippen LogP contribution in [-0.2, 0) is 6.42 Å². The van der Waals surface area contributed by atoms with Crippen molar-refractivity contribution in [2.45, 2.75) is 6.42 Å². The zero-order chi connectivity index (χ0) is 20.2. The standard InChI is InChI=1S/C26H23Br2P/c27-25-18-10-11-19-26(25)29(28,23-14-6-2-7-15-23,24-16-8-3-9-17-24)21-20-22-12-4-1-5-13-22/h1-19H,20-21H2. The Hall–Kier alpha value is -1.73. The van der Waals surface area contributed by atoms with Crippen LogP contribution in [0.15, 0.2) is 120 Å². The van der Waals surface area contributed by atoms with E-state index in [1.807, 2.05) is 0 Å². The molecule has 0 amide bonds. The van der Waals surface area contributed by atoms with Gasteiger partial charge in [-0.3, -0.25) is 0 Å². The molecule has 0 bridgehead atoms. The van der Waals surface area contributed by atoms with Crippen LogP contribution in [0.4, 0.5) is 0 Å². The van der Waals surface area contributed by atoms with Gasteiger partial charge in [0.15, 0.2) is 0 Å². The van der Waals surface area contributed by atoms with Crippen LogP contribution in [0.5, 0.6) is 0 Å². The Labute approximate surface area is 189 Å². The third-order valence-corrected chi connectivity index (χ3v) is 16.5. The molecule has 0 aliphatic heterocycles. The first-order valence-corrected chi connectivity index (χ1v) is 15.0. The second-order valence-corrected chi connectivity index (χ2v) is 17.1. The van der Waals surface area contributed by atoms with Gasteiger partial charge in [0, 0.05) is 0 Å². The molecule has 0 nitrogen and oxygen atoms in total. The maximum absolute atomic E-state index is 4.53. The van der Waals surface area contributed by atoms with Crippen LogP contribution in [0.2, 0.25) is 0 Å². The third-order valence-electron chi connectivity index (χ3n) is 5.61. The fourth-order valence-electron chi connectivity index (χ4n) is 4.10. The van der Waals surface area contributed by atoms with Crippen LogP contribution >= 0.6 is 36.7 Å². The summed E-state index contributed by atoms with van der Waals surface area (Å²) in [6.07, 6.45) is 2.00. The van der Waals surface area contributed by atoms with E-state index in [9.17, 15) is 0 Å². The van der Waals surface area contributed by atoms with E-state index in [0.29, 0.717) is 0 Å². The zero-order valence-corrected chi connectivity index (χ0v) is 20.2. The van der Waals surface area contributed by atoms with Gasteiger partial charge in [-0.2, -0.15) is 0 Å². The van der Waals surface area contributed by atoms with Crippen LogP contribution in [0.1, 0.15) is 5.56 Å². The van der Waals surface area contributed by atoms with Crippen molar-refractivity contribution in [2.24, 2.45) is 0 Å². The number of rotatable bonds is 6. The summed E-state index contributed by atoms with van der Waals surface area (Å²) in [4.78, 5) is 0. The van der Waals surface area contributed by atoms with Crippen LogP contribution in [0.3, 0.4) is 0 Å². The molecule has 0 N–H and O–H groups in total. The van der Waals surface area contributed by atoms with Crippen molar-refractivity contribution in [1.29, 1.82) is 0 Å². The second kappa shape index (κ2) is 8.56. The molecule has 0 fully saturated rings. The van der Waals surface area contributed by atoms with Crippen molar-refractivity contribution in [3.63, 3.8) is 0 Å². The van der Waals surface area contributed by atoms with Gasteiger partial charge in [0.1, 0.15) is 0 Å². The molecule has 4 aromatic carbocycles. The molecule has 0 atom stereocenters. The molecule has 0 aliphatic carbocycles. The summed E-state index contributed by atoms with van der Waals surface area (Å²) in [5.74, 6) is 0. The maximum atomic E-state index is 4.53. The normalized spacial score (nSPS) is 12.8. The quantitative estimate of drug-likeness (QED) is 0.242. The summed E-state index contributed by atoms with van der Waals surface area (Å²) in [5, 5.41) is 1.15. The molecule has 0 spiro atoms. The monoisotopic (exact) mass is 524 g/mol. The molecule has 146 valence electrons. The Bertz CT molecular complexity index is 1040. The van der Waals surface area contributed by atoms with E-state index >= 15 is 0 Å². The van der Waals surface area contributed by atoms with Gasteiger partial charge in [-0.15, -0.1) is 0 Å². The predicted octanol–water partition coefficient (Wildman–Crippen LogP) is 6.83. The van der Waals surface area contributed by atoms with E-state index in [1.54, 1.807) is 0 Å². The zero-order valence-electron chi connectivity index (χ0n) is 16.1. The van der Waals surface area contributed by atoms with Gasteiger partial charge in [0.2, 0.25) is 0 Å². The molecular weight excluding hydrogens is 503 g/mol. The molecular formula is C26H23Br2P. The van der Waals surface area contributed by atoms with E-state index < -0.39 is 5.31 Å². The molecule has 0 heterocycles. The first kappa shape index (κ1) is 20.5. The number of hydrogen-bond donors (Lipinski definition) is 0. The molecule has 0 aliphatic rings. The molecule has 0 saturated carbocycles. The molecule has 4 aromatic rings. The Morgan fingerprint density at radius 3 is 1.52 bits per heavy atom. The first-order chi connectivity index (χ1) is 14.1. The van der Waals surface area contributed by atoms with E-state index in [1.165, 1.54) is 21.5 Å². The number of benzene rings is 4. The fourth-order valence-corrected chi connectivity index (χ4v) is 13.9. The molecule has 0 aromatic heterocycles. The van der Waals surface area contributed by atoms with Crippen LogP contribution < -0.4 is 15.9 Å². The summed E-state index contributed by atoms with van der Waals surface area (Å²) in [6.45, 7) is 0.